The van der Waals surface area contributed by atoms with Gasteiger partial charge in [0.2, 0.25) is 0 Å². The zero-order chi connectivity index (χ0) is 11.0. The topological polar surface area (TPSA) is 32.3 Å². The molecule has 0 aromatic carbocycles. The highest BCUT2D eigenvalue weighted by molar-refractivity contribution is 6.25. The molecule has 1 atom stereocenters. The lowest BCUT2D eigenvalue weighted by Crippen LogP contribution is -2.33. The van der Waals surface area contributed by atoms with E-state index in [9.17, 15) is 5.11 Å². The summed E-state index contributed by atoms with van der Waals surface area (Å²) in [6.07, 6.45) is 1.82. The van der Waals surface area contributed by atoms with Crippen molar-refractivity contribution < 1.29 is 5.11 Å². The van der Waals surface area contributed by atoms with E-state index < -0.39 is 0 Å². The number of halogens is 1. The zero-order valence-corrected chi connectivity index (χ0v) is 10.1. The highest BCUT2D eigenvalue weighted by Gasteiger charge is 2.14. The van der Waals surface area contributed by atoms with Crippen molar-refractivity contribution in [2.24, 2.45) is 5.92 Å². The first-order valence-electron chi connectivity index (χ1n) is 5.30. The van der Waals surface area contributed by atoms with Gasteiger partial charge in [-0.15, -0.1) is 0 Å². The van der Waals surface area contributed by atoms with Gasteiger partial charge in [0.1, 0.15) is 0 Å². The smallest absolute Gasteiger partial charge is 0.0692 e. The standard InChI is InChI=1S/C11H22ClNO/c1-4-10(5-2)11(14)8-13-7-9(3)6-12/h6,10-11,13-14H,4-5,7-8H2,1-3H3. The van der Waals surface area contributed by atoms with E-state index in [4.69, 9.17) is 11.6 Å². The van der Waals surface area contributed by atoms with Crippen LogP contribution in [0.5, 0.6) is 0 Å². The second-order valence-corrected chi connectivity index (χ2v) is 3.95. The Kier molecular flexibility index (Phi) is 8.24. The van der Waals surface area contributed by atoms with Crippen LogP contribution in [0, 0.1) is 5.92 Å². The minimum absolute atomic E-state index is 0.242. The third-order valence-electron chi connectivity index (χ3n) is 2.54. The van der Waals surface area contributed by atoms with Gasteiger partial charge in [0, 0.05) is 18.6 Å². The molecular weight excluding hydrogens is 198 g/mol. The van der Waals surface area contributed by atoms with E-state index in [0.29, 0.717) is 12.5 Å². The Morgan fingerprint density at radius 3 is 2.43 bits per heavy atom. The van der Waals surface area contributed by atoms with Crippen LogP contribution in [0.2, 0.25) is 0 Å². The molecule has 0 aliphatic heterocycles. The number of aliphatic hydroxyl groups is 1. The van der Waals surface area contributed by atoms with Crippen molar-refractivity contribution in [2.45, 2.75) is 39.7 Å². The lowest BCUT2D eigenvalue weighted by molar-refractivity contribution is 0.102. The Morgan fingerprint density at radius 1 is 1.43 bits per heavy atom. The summed E-state index contributed by atoms with van der Waals surface area (Å²) in [7, 11) is 0. The second-order valence-electron chi connectivity index (χ2n) is 3.73. The molecule has 0 aliphatic carbocycles. The zero-order valence-electron chi connectivity index (χ0n) is 9.39. The molecule has 0 rings (SSSR count). The van der Waals surface area contributed by atoms with Crippen molar-refractivity contribution in [2.75, 3.05) is 13.1 Å². The molecule has 0 bridgehead atoms. The molecule has 2 N–H and O–H groups in total. The normalized spacial score (nSPS) is 14.9. The minimum atomic E-state index is -0.242. The fourth-order valence-electron chi connectivity index (χ4n) is 1.46. The van der Waals surface area contributed by atoms with Gasteiger partial charge < -0.3 is 10.4 Å². The van der Waals surface area contributed by atoms with Crippen LogP contribution in [0.1, 0.15) is 33.6 Å². The maximum atomic E-state index is 9.78. The summed E-state index contributed by atoms with van der Waals surface area (Å²) in [4.78, 5) is 0. The van der Waals surface area contributed by atoms with Crippen LogP contribution < -0.4 is 5.32 Å². The molecule has 3 heteroatoms. The number of hydrogen-bond donors (Lipinski definition) is 2. The highest BCUT2D eigenvalue weighted by atomic mass is 35.5. The van der Waals surface area contributed by atoms with Gasteiger partial charge in [-0.2, -0.15) is 0 Å². The first kappa shape index (κ1) is 13.9. The lowest BCUT2D eigenvalue weighted by Gasteiger charge is -2.20. The van der Waals surface area contributed by atoms with Crippen LogP contribution in [0.4, 0.5) is 0 Å². The van der Waals surface area contributed by atoms with Gasteiger partial charge in [-0.05, 0) is 18.4 Å². The predicted octanol–water partition coefficient (Wildman–Crippen LogP) is 2.52. The molecule has 0 aromatic heterocycles. The quantitative estimate of drug-likeness (QED) is 0.690. The molecule has 0 saturated carbocycles. The van der Waals surface area contributed by atoms with E-state index in [0.717, 1.165) is 25.0 Å². The summed E-state index contributed by atoms with van der Waals surface area (Å²) >= 11 is 5.52. The summed E-state index contributed by atoms with van der Waals surface area (Å²) in [6, 6.07) is 0. The first-order valence-corrected chi connectivity index (χ1v) is 5.73. The Hall–Kier alpha value is -0.0500. The molecule has 0 saturated heterocycles. The maximum absolute atomic E-state index is 9.78. The van der Waals surface area contributed by atoms with Gasteiger partial charge in [-0.25, -0.2) is 0 Å². The van der Waals surface area contributed by atoms with Crippen molar-refractivity contribution in [3.8, 4) is 0 Å². The lowest BCUT2D eigenvalue weighted by atomic mass is 9.96. The van der Waals surface area contributed by atoms with Gasteiger partial charge in [-0.3, -0.25) is 0 Å². The first-order chi connectivity index (χ1) is 6.65. The number of nitrogens with one attached hydrogen (secondary N) is 1. The van der Waals surface area contributed by atoms with E-state index in [2.05, 4.69) is 19.2 Å². The summed E-state index contributed by atoms with van der Waals surface area (Å²) in [5, 5.41) is 13.0. The minimum Gasteiger partial charge on any atom is -0.392 e. The second kappa shape index (κ2) is 8.27. The van der Waals surface area contributed by atoms with Crippen LogP contribution in [-0.2, 0) is 0 Å². The Labute approximate surface area is 92.3 Å². The Morgan fingerprint density at radius 2 is 2.00 bits per heavy atom. The van der Waals surface area contributed by atoms with Crippen LogP contribution in [0.25, 0.3) is 0 Å². The summed E-state index contributed by atoms with van der Waals surface area (Å²) in [6.45, 7) is 7.58. The predicted molar refractivity (Wildman–Crippen MR) is 62.6 cm³/mol. The molecule has 0 aromatic rings. The van der Waals surface area contributed by atoms with Crippen molar-refractivity contribution in [1.82, 2.24) is 5.32 Å². The van der Waals surface area contributed by atoms with Crippen LogP contribution in [-0.4, -0.2) is 24.3 Å². The molecule has 0 aliphatic rings. The van der Waals surface area contributed by atoms with Gasteiger partial charge in [0.05, 0.1) is 6.10 Å². The molecule has 84 valence electrons. The van der Waals surface area contributed by atoms with Crippen LogP contribution >= 0.6 is 11.6 Å². The van der Waals surface area contributed by atoms with E-state index in [1.807, 2.05) is 6.92 Å². The molecule has 2 nitrogen and oxygen atoms in total. The van der Waals surface area contributed by atoms with Gasteiger partial charge in [0.15, 0.2) is 0 Å². The van der Waals surface area contributed by atoms with Crippen molar-refractivity contribution in [3.05, 3.63) is 11.1 Å². The summed E-state index contributed by atoms with van der Waals surface area (Å²) < 4.78 is 0. The average molecular weight is 220 g/mol. The molecule has 0 heterocycles. The third kappa shape index (κ3) is 5.63. The number of rotatable bonds is 7. The number of aliphatic hydroxyl groups excluding tert-OH is 1. The fraction of sp³-hybridized carbons (Fsp3) is 0.818. The molecule has 0 spiro atoms. The molecule has 0 fully saturated rings. The average Bonchev–Trinajstić information content (AvgIpc) is 2.19. The number of hydrogen-bond acceptors (Lipinski definition) is 2. The summed E-state index contributed by atoms with van der Waals surface area (Å²) in [5.74, 6) is 0.405. The fourth-order valence-corrected chi connectivity index (χ4v) is 1.53. The maximum Gasteiger partial charge on any atom is 0.0692 e. The van der Waals surface area contributed by atoms with Crippen molar-refractivity contribution in [3.63, 3.8) is 0 Å². The molecule has 0 radical (unpaired) electrons. The molecule has 14 heavy (non-hydrogen) atoms. The van der Waals surface area contributed by atoms with Gasteiger partial charge >= 0.3 is 0 Å². The SMILES string of the molecule is CCC(CC)C(O)CNCC(C)=CCl. The van der Waals surface area contributed by atoms with Gasteiger partial charge in [-0.1, -0.05) is 38.3 Å². The molecule has 1 unspecified atom stereocenters. The van der Waals surface area contributed by atoms with E-state index in [1.165, 1.54) is 0 Å². The van der Waals surface area contributed by atoms with E-state index >= 15 is 0 Å². The monoisotopic (exact) mass is 219 g/mol. The molecular formula is C11H22ClNO. The Bertz CT molecular complexity index is 167. The van der Waals surface area contributed by atoms with E-state index in [-0.39, 0.29) is 6.10 Å². The Balaban J connectivity index is 3.67. The largest absolute Gasteiger partial charge is 0.392 e. The van der Waals surface area contributed by atoms with Crippen LogP contribution in [0.15, 0.2) is 11.1 Å². The summed E-state index contributed by atoms with van der Waals surface area (Å²) in [5.41, 5.74) is 2.65. The highest BCUT2D eigenvalue weighted by Crippen LogP contribution is 2.12. The third-order valence-corrected chi connectivity index (χ3v) is 2.91. The van der Waals surface area contributed by atoms with E-state index in [1.54, 1.807) is 5.54 Å². The van der Waals surface area contributed by atoms with Crippen LogP contribution in [0.3, 0.4) is 0 Å². The van der Waals surface area contributed by atoms with Gasteiger partial charge in [0.25, 0.3) is 0 Å². The molecule has 0 amide bonds. The van der Waals surface area contributed by atoms with Crippen molar-refractivity contribution in [1.29, 1.82) is 0 Å². The van der Waals surface area contributed by atoms with Crippen molar-refractivity contribution >= 4 is 11.6 Å².